The number of hydrogen-bond acceptors (Lipinski definition) is 3. The first-order chi connectivity index (χ1) is 9.85. The van der Waals surface area contributed by atoms with Gasteiger partial charge in [0.25, 0.3) is 0 Å². The molecule has 0 aromatic heterocycles. The van der Waals surface area contributed by atoms with Gasteiger partial charge in [0.2, 0.25) is 5.91 Å². The monoisotopic (exact) mass is 306 g/mol. The van der Waals surface area contributed by atoms with Crippen molar-refractivity contribution in [2.75, 3.05) is 12.8 Å². The van der Waals surface area contributed by atoms with Gasteiger partial charge in [-0.05, 0) is 51.3 Å². The van der Waals surface area contributed by atoms with E-state index in [2.05, 4.69) is 50.4 Å². The van der Waals surface area contributed by atoms with E-state index in [-0.39, 0.29) is 11.4 Å². The first-order valence-electron chi connectivity index (χ1n) is 7.57. The Morgan fingerprint density at radius 3 is 2.43 bits per heavy atom. The van der Waals surface area contributed by atoms with E-state index in [1.54, 1.807) is 11.8 Å². The van der Waals surface area contributed by atoms with Gasteiger partial charge in [0, 0.05) is 30.1 Å². The van der Waals surface area contributed by atoms with Crippen LogP contribution >= 0.6 is 11.8 Å². The molecule has 2 rings (SSSR count). The van der Waals surface area contributed by atoms with Gasteiger partial charge >= 0.3 is 0 Å². The second-order valence-electron chi connectivity index (χ2n) is 6.77. The SMILES string of the molecule is CN(C(=O)CSc1ccc(CNC(C)(C)C)cc1)C1CC1. The minimum absolute atomic E-state index is 0.132. The maximum absolute atomic E-state index is 12.0. The molecule has 1 aromatic rings. The predicted octanol–water partition coefficient (Wildman–Crippen LogP) is 3.29. The molecule has 4 heteroatoms. The van der Waals surface area contributed by atoms with Crippen LogP contribution < -0.4 is 5.32 Å². The maximum atomic E-state index is 12.0. The molecule has 1 saturated carbocycles. The second kappa shape index (κ2) is 6.84. The van der Waals surface area contributed by atoms with Crippen LogP contribution in [0.4, 0.5) is 0 Å². The summed E-state index contributed by atoms with van der Waals surface area (Å²) in [5, 5.41) is 3.47. The van der Waals surface area contributed by atoms with Crippen molar-refractivity contribution in [3.8, 4) is 0 Å². The average molecular weight is 306 g/mol. The highest BCUT2D eigenvalue weighted by Gasteiger charge is 2.29. The molecule has 1 aliphatic carbocycles. The van der Waals surface area contributed by atoms with E-state index in [4.69, 9.17) is 0 Å². The number of benzene rings is 1. The lowest BCUT2D eigenvalue weighted by Crippen LogP contribution is -2.35. The van der Waals surface area contributed by atoms with Crippen LogP contribution in [0.25, 0.3) is 0 Å². The zero-order valence-electron chi connectivity index (χ0n) is 13.5. The van der Waals surface area contributed by atoms with Crippen molar-refractivity contribution in [3.63, 3.8) is 0 Å². The van der Waals surface area contributed by atoms with Gasteiger partial charge in [-0.25, -0.2) is 0 Å². The Morgan fingerprint density at radius 1 is 1.29 bits per heavy atom. The van der Waals surface area contributed by atoms with Crippen molar-refractivity contribution in [1.82, 2.24) is 10.2 Å². The van der Waals surface area contributed by atoms with E-state index in [0.29, 0.717) is 11.8 Å². The third-order valence-corrected chi connectivity index (χ3v) is 4.59. The number of carbonyl (C=O) groups is 1. The van der Waals surface area contributed by atoms with Crippen molar-refractivity contribution in [2.24, 2.45) is 0 Å². The zero-order chi connectivity index (χ0) is 15.5. The van der Waals surface area contributed by atoms with Crippen LogP contribution in [0.5, 0.6) is 0 Å². The number of hydrogen-bond donors (Lipinski definition) is 1. The molecule has 116 valence electrons. The van der Waals surface area contributed by atoms with Crippen molar-refractivity contribution >= 4 is 17.7 Å². The molecule has 3 nitrogen and oxygen atoms in total. The normalized spacial score (nSPS) is 15.0. The number of nitrogens with one attached hydrogen (secondary N) is 1. The summed E-state index contributed by atoms with van der Waals surface area (Å²) >= 11 is 1.62. The quantitative estimate of drug-likeness (QED) is 0.819. The molecule has 0 aliphatic heterocycles. The topological polar surface area (TPSA) is 32.3 Å². The van der Waals surface area contributed by atoms with E-state index in [0.717, 1.165) is 11.4 Å². The maximum Gasteiger partial charge on any atom is 0.232 e. The minimum Gasteiger partial charge on any atom is -0.342 e. The van der Waals surface area contributed by atoms with Crippen LogP contribution in [0.15, 0.2) is 29.2 Å². The van der Waals surface area contributed by atoms with Gasteiger partial charge in [-0.3, -0.25) is 4.79 Å². The number of carbonyl (C=O) groups excluding carboxylic acids is 1. The summed E-state index contributed by atoms with van der Waals surface area (Å²) in [7, 11) is 1.92. The van der Waals surface area contributed by atoms with Gasteiger partial charge in [0.15, 0.2) is 0 Å². The highest BCUT2D eigenvalue weighted by molar-refractivity contribution is 8.00. The third kappa shape index (κ3) is 5.71. The number of rotatable bonds is 6. The van der Waals surface area contributed by atoms with Crippen LogP contribution in [0.3, 0.4) is 0 Å². The van der Waals surface area contributed by atoms with Crippen LogP contribution in [0, 0.1) is 0 Å². The lowest BCUT2D eigenvalue weighted by atomic mass is 10.1. The summed E-state index contributed by atoms with van der Waals surface area (Å²) < 4.78 is 0. The molecule has 21 heavy (non-hydrogen) atoms. The fourth-order valence-corrected chi connectivity index (χ4v) is 2.81. The Bertz CT molecular complexity index is 475. The van der Waals surface area contributed by atoms with Crippen LogP contribution in [-0.2, 0) is 11.3 Å². The Balaban J connectivity index is 1.78. The van der Waals surface area contributed by atoms with Gasteiger partial charge in [0.1, 0.15) is 0 Å². The molecule has 0 unspecified atom stereocenters. The number of thioether (sulfide) groups is 1. The van der Waals surface area contributed by atoms with E-state index in [9.17, 15) is 4.79 Å². The molecular weight excluding hydrogens is 280 g/mol. The summed E-state index contributed by atoms with van der Waals surface area (Å²) in [5.74, 6) is 0.771. The van der Waals surface area contributed by atoms with Gasteiger partial charge in [-0.15, -0.1) is 11.8 Å². The molecule has 0 radical (unpaired) electrons. The Labute approximate surface area is 132 Å². The summed E-state index contributed by atoms with van der Waals surface area (Å²) in [5.41, 5.74) is 1.41. The molecule has 1 N–H and O–H groups in total. The molecule has 0 atom stereocenters. The number of amides is 1. The van der Waals surface area contributed by atoms with Crippen molar-refractivity contribution in [3.05, 3.63) is 29.8 Å². The second-order valence-corrected chi connectivity index (χ2v) is 7.82. The Hall–Kier alpha value is -1.00. The molecule has 1 aromatic carbocycles. The average Bonchev–Trinajstić information content (AvgIpc) is 3.26. The number of nitrogens with zero attached hydrogens (tertiary/aromatic N) is 1. The summed E-state index contributed by atoms with van der Waals surface area (Å²) in [4.78, 5) is 15.0. The highest BCUT2D eigenvalue weighted by atomic mass is 32.2. The van der Waals surface area contributed by atoms with Crippen LogP contribution in [-0.4, -0.2) is 35.2 Å². The fraction of sp³-hybridized carbons (Fsp3) is 0.588. The molecule has 0 spiro atoms. The standard InChI is InChI=1S/C17H26N2OS/c1-17(2,3)18-11-13-5-9-15(10-6-13)21-12-16(20)19(4)14-7-8-14/h5-6,9-10,14,18H,7-8,11-12H2,1-4H3. The lowest BCUT2D eigenvalue weighted by Gasteiger charge is -2.20. The summed E-state index contributed by atoms with van der Waals surface area (Å²) in [6.45, 7) is 7.37. The third-order valence-electron chi connectivity index (χ3n) is 3.60. The minimum atomic E-state index is 0.132. The van der Waals surface area contributed by atoms with E-state index >= 15 is 0 Å². The summed E-state index contributed by atoms with van der Waals surface area (Å²) in [6, 6.07) is 8.99. The molecular formula is C17H26N2OS. The van der Waals surface area contributed by atoms with E-state index < -0.39 is 0 Å². The first-order valence-corrected chi connectivity index (χ1v) is 8.56. The Morgan fingerprint density at radius 2 is 1.90 bits per heavy atom. The van der Waals surface area contributed by atoms with Gasteiger partial charge in [-0.2, -0.15) is 0 Å². The smallest absolute Gasteiger partial charge is 0.232 e. The molecule has 1 aliphatic rings. The van der Waals surface area contributed by atoms with Crippen LogP contribution in [0.1, 0.15) is 39.2 Å². The van der Waals surface area contributed by atoms with Gasteiger partial charge in [0.05, 0.1) is 5.75 Å². The zero-order valence-corrected chi connectivity index (χ0v) is 14.3. The van der Waals surface area contributed by atoms with Crippen molar-refractivity contribution < 1.29 is 4.79 Å². The van der Waals surface area contributed by atoms with Gasteiger partial charge in [-0.1, -0.05) is 12.1 Å². The first kappa shape index (κ1) is 16.4. The lowest BCUT2D eigenvalue weighted by molar-refractivity contribution is -0.127. The molecule has 1 amide bonds. The Kier molecular flexibility index (Phi) is 5.33. The predicted molar refractivity (Wildman–Crippen MR) is 89.6 cm³/mol. The molecule has 0 saturated heterocycles. The molecule has 0 bridgehead atoms. The van der Waals surface area contributed by atoms with Gasteiger partial charge < -0.3 is 10.2 Å². The largest absolute Gasteiger partial charge is 0.342 e. The fourth-order valence-electron chi connectivity index (χ4n) is 1.98. The van der Waals surface area contributed by atoms with Crippen molar-refractivity contribution in [1.29, 1.82) is 0 Å². The highest BCUT2D eigenvalue weighted by Crippen LogP contribution is 2.27. The van der Waals surface area contributed by atoms with E-state index in [1.807, 2.05) is 11.9 Å². The molecule has 1 fully saturated rings. The van der Waals surface area contributed by atoms with Crippen molar-refractivity contribution in [2.45, 2.75) is 56.6 Å². The van der Waals surface area contributed by atoms with Crippen LogP contribution in [0.2, 0.25) is 0 Å². The van der Waals surface area contributed by atoms with E-state index in [1.165, 1.54) is 18.4 Å². The summed E-state index contributed by atoms with van der Waals surface area (Å²) in [6.07, 6.45) is 2.34. The molecule has 0 heterocycles.